The summed E-state index contributed by atoms with van der Waals surface area (Å²) < 4.78 is 13.5. The van der Waals surface area contributed by atoms with E-state index < -0.39 is 11.8 Å². The molecule has 31 heavy (non-hydrogen) atoms. The van der Waals surface area contributed by atoms with Crippen molar-refractivity contribution in [1.82, 2.24) is 19.9 Å². The Kier molecular flexibility index (Phi) is 5.21. The molecule has 0 saturated heterocycles. The molecule has 2 heterocycles. The molecule has 0 saturated carbocycles. The summed E-state index contributed by atoms with van der Waals surface area (Å²) in [5, 5.41) is 0.878. The maximum atomic E-state index is 13.5. The lowest BCUT2D eigenvalue weighted by atomic mass is 9.99. The Morgan fingerprint density at radius 3 is 2.26 bits per heavy atom. The molecule has 0 aliphatic carbocycles. The first-order chi connectivity index (χ1) is 14.8. The number of hydrogen-bond donors (Lipinski definition) is 0. The fraction of sp³-hybridized carbons (Fsp3) is 0.130. The summed E-state index contributed by atoms with van der Waals surface area (Å²) in [5.74, 6) is -1.41. The molecule has 0 aliphatic rings. The number of carbonyl (C=O) groups is 2. The third-order valence-corrected chi connectivity index (χ3v) is 4.87. The number of aromatic nitrogens is 4. The van der Waals surface area contributed by atoms with Gasteiger partial charge in [0.05, 0.1) is 11.2 Å². The molecular weight excluding hydrogens is 397 g/mol. The largest absolute Gasteiger partial charge is 0.274 e. The number of fused-ring (bicyclic) bond motifs is 1. The molecule has 0 aliphatic heterocycles. The van der Waals surface area contributed by atoms with Crippen LogP contribution in [0.25, 0.3) is 33.3 Å². The van der Waals surface area contributed by atoms with Crippen LogP contribution in [0.2, 0.25) is 0 Å². The van der Waals surface area contributed by atoms with Crippen LogP contribution in [-0.4, -0.2) is 31.8 Å². The van der Waals surface area contributed by atoms with Crippen molar-refractivity contribution in [2.75, 3.05) is 4.90 Å². The van der Waals surface area contributed by atoms with Crippen LogP contribution in [0.3, 0.4) is 0 Å². The van der Waals surface area contributed by atoms with E-state index >= 15 is 0 Å². The standard InChI is InChI=1S/C23H18FN5O2/c1-13-19-10-17(6-9-21(19)27-12-26-13)20-11-25-23(29(14(2)30)15(3)31)28-22(20)16-4-7-18(24)8-5-16/h4-12H,1-3H3. The molecule has 0 N–H and O–H groups in total. The number of amides is 2. The summed E-state index contributed by atoms with van der Waals surface area (Å²) in [6.45, 7) is 4.43. The Morgan fingerprint density at radius 1 is 0.903 bits per heavy atom. The smallest absolute Gasteiger partial charge is 0.239 e. The van der Waals surface area contributed by atoms with Crippen molar-refractivity contribution in [1.29, 1.82) is 0 Å². The lowest BCUT2D eigenvalue weighted by Crippen LogP contribution is -2.34. The number of halogens is 1. The van der Waals surface area contributed by atoms with Gasteiger partial charge in [0.25, 0.3) is 0 Å². The average molecular weight is 415 g/mol. The Bertz CT molecular complexity index is 1310. The SMILES string of the molecule is CC(=O)N(C(C)=O)c1ncc(-c2ccc3ncnc(C)c3c2)c(-c2ccc(F)cc2)n1. The van der Waals surface area contributed by atoms with Gasteiger partial charge in [0.2, 0.25) is 17.8 Å². The monoisotopic (exact) mass is 415 g/mol. The van der Waals surface area contributed by atoms with Gasteiger partial charge in [0, 0.05) is 42.3 Å². The summed E-state index contributed by atoms with van der Waals surface area (Å²) in [7, 11) is 0. The lowest BCUT2D eigenvalue weighted by molar-refractivity contribution is -0.124. The van der Waals surface area contributed by atoms with E-state index in [0.29, 0.717) is 16.8 Å². The van der Waals surface area contributed by atoms with E-state index in [4.69, 9.17) is 0 Å². The third-order valence-electron chi connectivity index (χ3n) is 4.87. The Morgan fingerprint density at radius 2 is 1.58 bits per heavy atom. The van der Waals surface area contributed by atoms with Gasteiger partial charge < -0.3 is 0 Å². The first-order valence-corrected chi connectivity index (χ1v) is 9.51. The van der Waals surface area contributed by atoms with Crippen LogP contribution in [0.5, 0.6) is 0 Å². The van der Waals surface area contributed by atoms with Crippen molar-refractivity contribution >= 4 is 28.7 Å². The Hall–Kier alpha value is -4.07. The lowest BCUT2D eigenvalue weighted by Gasteiger charge is -2.17. The van der Waals surface area contributed by atoms with Gasteiger partial charge in [-0.3, -0.25) is 9.59 Å². The minimum Gasteiger partial charge on any atom is -0.274 e. The van der Waals surface area contributed by atoms with E-state index in [2.05, 4.69) is 19.9 Å². The normalized spacial score (nSPS) is 10.8. The van der Waals surface area contributed by atoms with Crippen molar-refractivity contribution in [3.63, 3.8) is 0 Å². The summed E-state index contributed by atoms with van der Waals surface area (Å²) >= 11 is 0. The number of aryl methyl sites for hydroxylation is 1. The Balaban J connectivity index is 1.95. The molecule has 154 valence electrons. The number of imide groups is 1. The van der Waals surface area contributed by atoms with Gasteiger partial charge in [-0.25, -0.2) is 29.2 Å². The summed E-state index contributed by atoms with van der Waals surface area (Å²) in [6.07, 6.45) is 3.07. The van der Waals surface area contributed by atoms with Crippen LogP contribution in [0.4, 0.5) is 10.3 Å². The summed E-state index contributed by atoms with van der Waals surface area (Å²) in [6, 6.07) is 11.5. The quantitative estimate of drug-likeness (QED) is 0.501. The fourth-order valence-electron chi connectivity index (χ4n) is 3.38. The predicted octanol–water partition coefficient (Wildman–Crippen LogP) is 4.10. The van der Waals surface area contributed by atoms with E-state index in [1.807, 2.05) is 25.1 Å². The van der Waals surface area contributed by atoms with E-state index in [1.165, 1.54) is 32.3 Å². The zero-order valence-electron chi connectivity index (χ0n) is 17.1. The van der Waals surface area contributed by atoms with Crippen molar-refractivity contribution in [2.45, 2.75) is 20.8 Å². The van der Waals surface area contributed by atoms with Crippen molar-refractivity contribution in [3.8, 4) is 22.4 Å². The maximum absolute atomic E-state index is 13.5. The van der Waals surface area contributed by atoms with Crippen LogP contribution in [0.15, 0.2) is 55.0 Å². The highest BCUT2D eigenvalue weighted by molar-refractivity contribution is 6.12. The first-order valence-electron chi connectivity index (χ1n) is 9.51. The van der Waals surface area contributed by atoms with E-state index in [0.717, 1.165) is 27.1 Å². The van der Waals surface area contributed by atoms with Gasteiger partial charge in [-0.2, -0.15) is 0 Å². The molecule has 0 unspecified atom stereocenters. The number of anilines is 1. The van der Waals surface area contributed by atoms with E-state index in [1.54, 1.807) is 18.3 Å². The molecule has 8 heteroatoms. The summed E-state index contributed by atoms with van der Waals surface area (Å²) in [4.78, 5) is 42.2. The molecule has 2 aromatic heterocycles. The van der Waals surface area contributed by atoms with Crippen LogP contribution < -0.4 is 4.90 Å². The molecule has 0 radical (unpaired) electrons. The fourth-order valence-corrected chi connectivity index (χ4v) is 3.38. The van der Waals surface area contributed by atoms with E-state index in [-0.39, 0.29) is 11.8 Å². The van der Waals surface area contributed by atoms with Gasteiger partial charge in [-0.1, -0.05) is 6.07 Å². The number of nitrogens with zero attached hydrogens (tertiary/aromatic N) is 5. The van der Waals surface area contributed by atoms with Gasteiger partial charge >= 0.3 is 0 Å². The number of carbonyl (C=O) groups excluding carboxylic acids is 2. The highest BCUT2D eigenvalue weighted by atomic mass is 19.1. The van der Waals surface area contributed by atoms with Gasteiger partial charge in [-0.05, 0) is 48.9 Å². The molecule has 2 aromatic carbocycles. The zero-order chi connectivity index (χ0) is 22.1. The highest BCUT2D eigenvalue weighted by Gasteiger charge is 2.22. The van der Waals surface area contributed by atoms with Crippen LogP contribution >= 0.6 is 0 Å². The second-order valence-corrected chi connectivity index (χ2v) is 7.00. The van der Waals surface area contributed by atoms with Gasteiger partial charge in [0.1, 0.15) is 12.1 Å². The predicted molar refractivity (Wildman–Crippen MR) is 115 cm³/mol. The number of rotatable bonds is 3. The molecule has 0 fully saturated rings. The highest BCUT2D eigenvalue weighted by Crippen LogP contribution is 2.33. The second kappa shape index (κ2) is 7.98. The topological polar surface area (TPSA) is 88.9 Å². The minimum atomic E-state index is -0.496. The number of benzene rings is 2. The minimum absolute atomic E-state index is 0.0385. The van der Waals surface area contributed by atoms with Gasteiger partial charge in [0.15, 0.2) is 0 Å². The molecule has 7 nitrogen and oxygen atoms in total. The Labute approximate surface area is 177 Å². The van der Waals surface area contributed by atoms with Crippen molar-refractivity contribution in [2.24, 2.45) is 0 Å². The second-order valence-electron chi connectivity index (χ2n) is 7.00. The van der Waals surface area contributed by atoms with Crippen LogP contribution in [0.1, 0.15) is 19.5 Å². The zero-order valence-corrected chi connectivity index (χ0v) is 17.1. The number of hydrogen-bond acceptors (Lipinski definition) is 6. The first kappa shape index (κ1) is 20.2. The van der Waals surface area contributed by atoms with E-state index in [9.17, 15) is 14.0 Å². The molecule has 4 aromatic rings. The van der Waals surface area contributed by atoms with Crippen molar-refractivity contribution in [3.05, 3.63) is 66.5 Å². The average Bonchev–Trinajstić information content (AvgIpc) is 2.74. The van der Waals surface area contributed by atoms with Crippen molar-refractivity contribution < 1.29 is 14.0 Å². The third kappa shape index (κ3) is 3.87. The molecule has 0 atom stereocenters. The van der Waals surface area contributed by atoms with Crippen LogP contribution in [0, 0.1) is 12.7 Å². The molecule has 0 bridgehead atoms. The molecule has 4 rings (SSSR count). The summed E-state index contributed by atoms with van der Waals surface area (Å²) in [5.41, 5.74) is 4.17. The maximum Gasteiger partial charge on any atom is 0.239 e. The van der Waals surface area contributed by atoms with Gasteiger partial charge in [-0.15, -0.1) is 0 Å². The molecule has 0 spiro atoms. The molecule has 2 amide bonds. The van der Waals surface area contributed by atoms with Crippen LogP contribution in [-0.2, 0) is 9.59 Å². The molecular formula is C23H18FN5O2.